The summed E-state index contributed by atoms with van der Waals surface area (Å²) in [6, 6.07) is 141. The monoisotopic (exact) mass is 1530 g/mol. The zero-order valence-corrected chi connectivity index (χ0v) is 68.6. The lowest BCUT2D eigenvalue weighted by Crippen LogP contribution is -2.61. The van der Waals surface area contributed by atoms with Crippen molar-refractivity contribution in [3.05, 3.63) is 393 Å². The molecule has 0 fully saturated rings. The molecule has 0 bridgehead atoms. The first-order chi connectivity index (χ1) is 57.9. The molecule has 5 heteroatoms. The Balaban J connectivity index is 0.952. The Morgan fingerprint density at radius 2 is 0.538 bits per heavy atom. The molecule has 0 radical (unpaired) electrons. The molecule has 4 heterocycles. The minimum atomic E-state index is -0.412. The molecule has 17 aromatic carbocycles. The molecular weight excluding hydrogens is 1440 g/mol. The van der Waals surface area contributed by atoms with E-state index in [0.717, 1.165) is 184 Å². The highest BCUT2D eigenvalue weighted by atomic mass is 16.3. The molecule has 0 atom stereocenters. The second-order valence-electron chi connectivity index (χ2n) is 35.5. The van der Waals surface area contributed by atoms with Gasteiger partial charge in [0, 0.05) is 66.5 Å². The number of fused-ring (bicyclic) bond motifs is 10. The minimum Gasteiger partial charge on any atom is -0.456 e. The quantitative estimate of drug-likeness (QED) is 0.114. The highest BCUT2D eigenvalue weighted by Gasteiger charge is 2.47. The number of anilines is 6. The molecule has 2 aromatic heterocycles. The van der Waals surface area contributed by atoms with Crippen LogP contribution in [0.5, 0.6) is 0 Å². The largest absolute Gasteiger partial charge is 0.456 e. The van der Waals surface area contributed by atoms with Gasteiger partial charge in [-0.25, -0.2) is 0 Å². The van der Waals surface area contributed by atoms with Crippen LogP contribution in [0.25, 0.3) is 155 Å². The third kappa shape index (κ3) is 12.6. The van der Waals surface area contributed by atoms with E-state index < -0.39 is 5.41 Å². The maximum Gasteiger partial charge on any atom is 0.252 e. The van der Waals surface area contributed by atoms with Crippen LogP contribution in [0.3, 0.4) is 0 Å². The van der Waals surface area contributed by atoms with Crippen LogP contribution >= 0.6 is 0 Å². The number of rotatable bonds is 12. The second kappa shape index (κ2) is 28.4. The first-order valence-electron chi connectivity index (χ1n) is 41.8. The van der Waals surface area contributed by atoms with Crippen molar-refractivity contribution in [2.24, 2.45) is 0 Å². The second-order valence-corrected chi connectivity index (χ2v) is 35.5. The molecule has 0 spiro atoms. The van der Waals surface area contributed by atoms with Gasteiger partial charge in [-0.2, -0.15) is 0 Å². The Bertz CT molecular complexity index is 6950. The standard InChI is InChI=1S/C114H89BN2O2/c1-112(2,3)84-66-93(76-42-24-14-25-43-76)110(94(67-84)77-44-26-15-27-45-77)116-99-64-79(83-61-81(73-36-18-11-19-37-73)60-82(62-83)74-38-20-12-21-39-74)55-58-97(99)115-98-59-56-80(87-57-54-78(72-34-16-10-17-35-72)63-92(87)75-40-22-13-23-41-75)65-100(98)117(102-71-86(114(7,8)9)70-101(116)109(102)115)111-95(88-48-32-52-105-107(88)90-46-28-30-50-103(90)118-105)68-85(113(4,5)6)69-96(111)89-49-33-53-106-108(89)91-47-29-31-51-104(91)119-106/h10-71H,1-9H3. The summed E-state index contributed by atoms with van der Waals surface area (Å²) in [4.78, 5) is 5.48. The molecule has 0 saturated carbocycles. The number of nitrogens with zero attached hydrogens (tertiary/aromatic N) is 2. The van der Waals surface area contributed by atoms with E-state index in [4.69, 9.17) is 8.83 Å². The van der Waals surface area contributed by atoms with Crippen molar-refractivity contribution in [1.29, 1.82) is 0 Å². The average molecular weight is 1530 g/mol. The predicted octanol–water partition coefficient (Wildman–Crippen LogP) is 30.1. The lowest BCUT2D eigenvalue weighted by Gasteiger charge is -2.47. The van der Waals surface area contributed by atoms with E-state index in [-0.39, 0.29) is 17.5 Å². The highest BCUT2D eigenvalue weighted by molar-refractivity contribution is 7.00. The van der Waals surface area contributed by atoms with Gasteiger partial charge in [-0.05, 0) is 235 Å². The number of hydrogen-bond acceptors (Lipinski definition) is 4. The van der Waals surface area contributed by atoms with Crippen LogP contribution < -0.4 is 26.2 Å². The third-order valence-electron chi connectivity index (χ3n) is 24.9. The first kappa shape index (κ1) is 72.7. The lowest BCUT2D eigenvalue weighted by molar-refractivity contribution is 0.590. The van der Waals surface area contributed by atoms with E-state index in [9.17, 15) is 0 Å². The number of hydrogen-bond donors (Lipinski definition) is 0. The number of para-hydroxylation sites is 2. The van der Waals surface area contributed by atoms with Gasteiger partial charge in [0.15, 0.2) is 0 Å². The highest BCUT2D eigenvalue weighted by Crippen LogP contribution is 2.58. The molecule has 0 saturated heterocycles. The van der Waals surface area contributed by atoms with Crippen LogP contribution in [-0.2, 0) is 16.2 Å². The summed E-state index contributed by atoms with van der Waals surface area (Å²) < 4.78 is 14.1. The molecule has 21 rings (SSSR count). The third-order valence-corrected chi connectivity index (χ3v) is 24.9. The van der Waals surface area contributed by atoms with Gasteiger partial charge < -0.3 is 18.6 Å². The van der Waals surface area contributed by atoms with Crippen LogP contribution in [0.4, 0.5) is 34.1 Å². The summed E-state index contributed by atoms with van der Waals surface area (Å²) >= 11 is 0. The Morgan fingerprint density at radius 1 is 0.210 bits per heavy atom. The van der Waals surface area contributed by atoms with Crippen LogP contribution in [0.15, 0.2) is 385 Å². The molecule has 2 aliphatic rings. The van der Waals surface area contributed by atoms with Gasteiger partial charge in [0.25, 0.3) is 6.71 Å². The SMILES string of the molecule is CC(C)(C)c1cc(-c2ccccc2)c(N2c3cc(-c4cc(-c5ccccc5)cc(-c5ccccc5)c4)ccc3B3c4ccc(-c5ccc(-c6ccccc6)cc5-c5ccccc5)cc4N(c4c(-c5cccc6oc7ccccc7c56)cc(C(C)(C)C)cc4-c4cccc5oc6ccccc6c45)c4cc(C(C)(C)C)cc2c43)c(-c2ccccc2)c1. The molecular formula is C114H89BN2O2. The lowest BCUT2D eigenvalue weighted by atomic mass is 9.33. The van der Waals surface area contributed by atoms with Crippen molar-refractivity contribution in [3.63, 3.8) is 0 Å². The van der Waals surface area contributed by atoms with Gasteiger partial charge in [-0.15, -0.1) is 0 Å². The van der Waals surface area contributed by atoms with Gasteiger partial charge in [-0.1, -0.05) is 341 Å². The number of furan rings is 2. The molecule has 0 aliphatic carbocycles. The van der Waals surface area contributed by atoms with E-state index in [1.807, 2.05) is 0 Å². The van der Waals surface area contributed by atoms with Gasteiger partial charge in [0.2, 0.25) is 0 Å². The molecule has 0 N–H and O–H groups in total. The topological polar surface area (TPSA) is 32.8 Å². The zero-order chi connectivity index (χ0) is 80.6. The first-order valence-corrected chi connectivity index (χ1v) is 41.8. The smallest absolute Gasteiger partial charge is 0.252 e. The van der Waals surface area contributed by atoms with Gasteiger partial charge in [0.05, 0.1) is 11.4 Å². The zero-order valence-electron chi connectivity index (χ0n) is 68.6. The summed E-state index contributed by atoms with van der Waals surface area (Å²) in [6.45, 7) is 21.0. The maximum atomic E-state index is 7.03. The average Bonchev–Trinajstić information content (AvgIpc) is 0.783. The van der Waals surface area contributed by atoms with Crippen LogP contribution in [0.2, 0.25) is 0 Å². The Morgan fingerprint density at radius 3 is 0.975 bits per heavy atom. The van der Waals surface area contributed by atoms with Crippen molar-refractivity contribution >= 4 is 101 Å². The Kier molecular flexibility index (Phi) is 17.4. The summed E-state index contributed by atoms with van der Waals surface area (Å²) in [5.74, 6) is 0. The van der Waals surface area contributed by atoms with E-state index in [1.54, 1.807) is 0 Å². The molecule has 19 aromatic rings. The van der Waals surface area contributed by atoms with Gasteiger partial charge in [0.1, 0.15) is 22.3 Å². The minimum absolute atomic E-state index is 0.234. The molecule has 0 unspecified atom stereocenters. The fourth-order valence-corrected chi connectivity index (χ4v) is 18.8. The summed E-state index contributed by atoms with van der Waals surface area (Å²) in [7, 11) is 0. The molecule has 4 nitrogen and oxygen atoms in total. The summed E-state index contributed by atoms with van der Waals surface area (Å²) in [6.07, 6.45) is 0. The van der Waals surface area contributed by atoms with Crippen molar-refractivity contribution < 1.29 is 8.83 Å². The van der Waals surface area contributed by atoms with Crippen molar-refractivity contribution in [2.45, 2.75) is 78.6 Å². The van der Waals surface area contributed by atoms with Crippen LogP contribution in [-0.4, -0.2) is 6.71 Å². The summed E-state index contributed by atoms with van der Waals surface area (Å²) in [5, 5.41) is 4.25. The van der Waals surface area contributed by atoms with Gasteiger partial charge >= 0.3 is 0 Å². The van der Waals surface area contributed by atoms with Crippen molar-refractivity contribution in [2.75, 3.05) is 9.80 Å². The van der Waals surface area contributed by atoms with Crippen molar-refractivity contribution in [3.8, 4) is 111 Å². The van der Waals surface area contributed by atoms with E-state index in [1.165, 1.54) is 38.6 Å². The molecule has 2 aliphatic heterocycles. The normalized spacial score (nSPS) is 12.7. The number of benzene rings is 17. The Labute approximate surface area is 697 Å². The summed E-state index contributed by atoms with van der Waals surface area (Å²) in [5.41, 5.74) is 38.8. The fourth-order valence-electron chi connectivity index (χ4n) is 18.8. The van der Waals surface area contributed by atoms with E-state index in [0.29, 0.717) is 0 Å². The molecule has 0 amide bonds. The van der Waals surface area contributed by atoms with E-state index >= 15 is 0 Å². The van der Waals surface area contributed by atoms with Crippen molar-refractivity contribution in [1.82, 2.24) is 0 Å². The molecule has 570 valence electrons. The maximum absolute atomic E-state index is 7.03. The van der Waals surface area contributed by atoms with Crippen LogP contribution in [0, 0.1) is 0 Å². The Hall–Kier alpha value is -14.0. The molecule has 119 heavy (non-hydrogen) atoms. The van der Waals surface area contributed by atoms with Gasteiger partial charge in [-0.3, -0.25) is 0 Å². The fraction of sp³-hybridized carbons (Fsp3) is 0.105. The van der Waals surface area contributed by atoms with E-state index in [2.05, 4.69) is 448 Å². The predicted molar refractivity (Wildman–Crippen MR) is 505 cm³/mol. The van der Waals surface area contributed by atoms with Crippen LogP contribution in [0.1, 0.15) is 79.0 Å².